The number of aromatic nitrogens is 2. The first-order valence-electron chi connectivity index (χ1n) is 10.4. The zero-order chi connectivity index (χ0) is 24.9. The Bertz CT molecular complexity index is 1510. The maximum atomic E-state index is 13.7. The number of nitrogens with zero attached hydrogens (tertiary/aromatic N) is 3. The van der Waals surface area contributed by atoms with Crippen molar-refractivity contribution in [3.8, 4) is 17.6 Å². The summed E-state index contributed by atoms with van der Waals surface area (Å²) in [7, 11) is 2.93. The van der Waals surface area contributed by atoms with E-state index in [1.807, 2.05) is 6.07 Å². The number of aliphatic carboxylic acids is 1. The summed E-state index contributed by atoms with van der Waals surface area (Å²) in [5.74, 6) is -1.24. The molecule has 0 saturated heterocycles. The van der Waals surface area contributed by atoms with E-state index in [4.69, 9.17) is 14.7 Å². The molecule has 0 atom stereocenters. The van der Waals surface area contributed by atoms with Gasteiger partial charge in [0.05, 0.1) is 43.5 Å². The van der Waals surface area contributed by atoms with Crippen LogP contribution in [0.4, 0.5) is 0 Å². The van der Waals surface area contributed by atoms with E-state index in [1.165, 1.54) is 20.3 Å². The van der Waals surface area contributed by atoms with Gasteiger partial charge in [0.15, 0.2) is 17.3 Å². The van der Waals surface area contributed by atoms with E-state index in [9.17, 15) is 14.7 Å². The van der Waals surface area contributed by atoms with Gasteiger partial charge in [0.2, 0.25) is 0 Å². The Balaban J connectivity index is 0.00000361. The van der Waals surface area contributed by atoms with Crippen molar-refractivity contribution in [2.24, 2.45) is 0 Å². The number of Topliss-reactive ketones (excluding diaryl/α,β-unsaturated/α-hetero) is 1. The Kier molecular flexibility index (Phi) is 8.96. The van der Waals surface area contributed by atoms with Gasteiger partial charge < -0.3 is 19.4 Å². The van der Waals surface area contributed by atoms with Gasteiger partial charge in [-0.2, -0.15) is 14.0 Å². The number of ether oxygens (including phenoxy) is 2. The first-order valence-corrected chi connectivity index (χ1v) is 11.1. The molecule has 8 nitrogen and oxygen atoms in total. The molecule has 0 fully saturated rings. The molecule has 0 saturated carbocycles. The minimum atomic E-state index is -1.50. The molecule has 0 spiro atoms. The molecular formula is C26H18N3NaO5S. The third-order valence-corrected chi connectivity index (χ3v) is 5.99. The van der Waals surface area contributed by atoms with Gasteiger partial charge in [0.1, 0.15) is 11.0 Å². The van der Waals surface area contributed by atoms with Crippen molar-refractivity contribution in [3.63, 3.8) is 0 Å². The average molecular weight is 508 g/mol. The van der Waals surface area contributed by atoms with Gasteiger partial charge in [-0.25, -0.2) is 0 Å². The number of carboxylic acid groups (broad SMARTS) is 1. The molecule has 4 aromatic rings. The molecule has 3 aromatic carbocycles. The Hall–Kier alpha value is -3.55. The van der Waals surface area contributed by atoms with Crippen LogP contribution in [0.25, 0.3) is 16.6 Å². The van der Waals surface area contributed by atoms with E-state index in [0.29, 0.717) is 33.7 Å². The average Bonchev–Trinajstić information content (AvgIpc) is 3.35. The summed E-state index contributed by atoms with van der Waals surface area (Å²) in [4.78, 5) is 26.2. The second-order valence-corrected chi connectivity index (χ2v) is 8.02. The molecule has 0 N–H and O–H groups in total. The molecular weight excluding hydrogens is 489 g/mol. The molecule has 0 amide bonds. The Morgan fingerprint density at radius 3 is 2.22 bits per heavy atom. The van der Waals surface area contributed by atoms with Gasteiger partial charge in [-0.05, 0) is 53.6 Å². The Morgan fingerprint density at radius 2 is 1.58 bits per heavy atom. The number of carbonyl (C=O) groups is 2. The van der Waals surface area contributed by atoms with Gasteiger partial charge in [0.25, 0.3) is 0 Å². The minimum absolute atomic E-state index is 0. The minimum Gasteiger partial charge on any atom is -0.545 e. The number of benzene rings is 3. The molecule has 36 heavy (non-hydrogen) atoms. The molecule has 0 radical (unpaired) electrons. The monoisotopic (exact) mass is 507 g/mol. The number of hydrogen-bond acceptors (Lipinski definition) is 9. The Labute approximate surface area is 233 Å². The van der Waals surface area contributed by atoms with Crippen LogP contribution in [0, 0.1) is 11.3 Å². The summed E-state index contributed by atoms with van der Waals surface area (Å²) >= 11 is 1.01. The molecule has 1 heterocycles. The van der Waals surface area contributed by atoms with Crippen LogP contribution in [0.5, 0.6) is 11.5 Å². The maximum absolute atomic E-state index is 13.7. The van der Waals surface area contributed by atoms with E-state index in [2.05, 4.69) is 8.75 Å². The van der Waals surface area contributed by atoms with Crippen molar-refractivity contribution in [2.75, 3.05) is 14.2 Å². The normalized spacial score (nSPS) is 11.1. The van der Waals surface area contributed by atoms with E-state index in [0.717, 1.165) is 11.7 Å². The largest absolute Gasteiger partial charge is 1.00 e. The smallest absolute Gasteiger partial charge is 0.545 e. The second-order valence-electron chi connectivity index (χ2n) is 7.49. The zero-order valence-corrected chi connectivity index (χ0v) is 22.6. The van der Waals surface area contributed by atoms with E-state index >= 15 is 0 Å². The van der Waals surface area contributed by atoms with Crippen molar-refractivity contribution in [2.45, 2.75) is 6.42 Å². The van der Waals surface area contributed by atoms with Crippen LogP contribution >= 0.6 is 11.7 Å². The van der Waals surface area contributed by atoms with Crippen molar-refractivity contribution >= 4 is 40.1 Å². The number of allylic oxidation sites excluding steroid dienone is 1. The predicted octanol–water partition coefficient (Wildman–Crippen LogP) is 0.213. The molecule has 4 rings (SSSR count). The topological polar surface area (TPSA) is 125 Å². The van der Waals surface area contributed by atoms with Crippen LogP contribution in [0.3, 0.4) is 0 Å². The molecule has 0 bridgehead atoms. The van der Waals surface area contributed by atoms with Gasteiger partial charge in [-0.1, -0.05) is 18.2 Å². The van der Waals surface area contributed by atoms with Gasteiger partial charge in [-0.3, -0.25) is 4.79 Å². The molecule has 174 valence electrons. The SMILES string of the molecule is COc1ccc(C(=O)/C(Cc2ccc(C#N)cc2)=C(/C(=O)[O-])c2ccc3nsnc3c2)cc1OC.[Na+]. The van der Waals surface area contributed by atoms with E-state index in [1.54, 1.807) is 54.6 Å². The fourth-order valence-electron chi connectivity index (χ4n) is 3.69. The number of carbonyl (C=O) groups excluding carboxylic acids is 2. The fourth-order valence-corrected chi connectivity index (χ4v) is 4.21. The van der Waals surface area contributed by atoms with Crippen molar-refractivity contribution in [1.82, 2.24) is 8.75 Å². The molecule has 0 aliphatic rings. The van der Waals surface area contributed by atoms with Crippen LogP contribution in [-0.2, 0) is 11.2 Å². The first kappa shape index (κ1) is 27.0. The van der Waals surface area contributed by atoms with Crippen LogP contribution in [-0.4, -0.2) is 34.7 Å². The quantitative estimate of drug-likeness (QED) is 0.188. The molecule has 0 aliphatic heterocycles. The van der Waals surface area contributed by atoms with Crippen molar-refractivity contribution in [1.29, 1.82) is 5.26 Å². The zero-order valence-electron chi connectivity index (χ0n) is 19.8. The summed E-state index contributed by atoms with van der Waals surface area (Å²) in [6.45, 7) is 0. The number of fused-ring (bicyclic) bond motifs is 1. The summed E-state index contributed by atoms with van der Waals surface area (Å²) in [6, 6.07) is 18.1. The summed E-state index contributed by atoms with van der Waals surface area (Å²) in [5.41, 5.74) is 2.52. The summed E-state index contributed by atoms with van der Waals surface area (Å²) in [6.07, 6.45) is -0.00441. The van der Waals surface area contributed by atoms with Crippen LogP contribution in [0.15, 0.2) is 66.2 Å². The van der Waals surface area contributed by atoms with Gasteiger partial charge in [-0.15, -0.1) is 0 Å². The molecule has 10 heteroatoms. The van der Waals surface area contributed by atoms with E-state index < -0.39 is 11.8 Å². The van der Waals surface area contributed by atoms with Gasteiger partial charge >= 0.3 is 29.6 Å². The summed E-state index contributed by atoms with van der Waals surface area (Å²) in [5, 5.41) is 21.5. The third kappa shape index (κ3) is 5.64. The van der Waals surface area contributed by atoms with Crippen molar-refractivity contribution in [3.05, 3.63) is 88.5 Å². The number of rotatable bonds is 8. The van der Waals surface area contributed by atoms with Crippen LogP contribution in [0.1, 0.15) is 27.0 Å². The fraction of sp³-hybridized carbons (Fsp3) is 0.115. The molecule has 1 aromatic heterocycles. The first-order chi connectivity index (χ1) is 16.9. The number of carboxylic acids is 1. The number of hydrogen-bond donors (Lipinski definition) is 0. The predicted molar refractivity (Wildman–Crippen MR) is 128 cm³/mol. The maximum Gasteiger partial charge on any atom is 1.00 e. The number of nitriles is 1. The van der Waals surface area contributed by atoms with Gasteiger partial charge in [0, 0.05) is 23.1 Å². The van der Waals surface area contributed by atoms with Crippen LogP contribution in [0.2, 0.25) is 0 Å². The number of ketones is 1. The Morgan fingerprint density at radius 1 is 0.917 bits per heavy atom. The third-order valence-electron chi connectivity index (χ3n) is 5.43. The van der Waals surface area contributed by atoms with E-state index in [-0.39, 0.29) is 58.3 Å². The number of methoxy groups -OCH3 is 2. The summed E-state index contributed by atoms with van der Waals surface area (Å²) < 4.78 is 18.9. The van der Waals surface area contributed by atoms with Crippen LogP contribution < -0.4 is 44.1 Å². The van der Waals surface area contributed by atoms with Crippen molar-refractivity contribution < 1.29 is 53.7 Å². The standard InChI is InChI=1S/C26H19N3O5S.Na/c1-33-22-10-8-18(13-23(22)34-2)25(30)19(11-15-3-5-16(14-27)6-4-15)24(26(31)32)17-7-9-20-21(12-17)29-35-28-20;/h3-10,12-13H,11H2,1-2H3,(H,31,32);/q;+1/p-1/b24-19+;. The molecule has 0 unspecified atom stereocenters. The second kappa shape index (κ2) is 11.9. The molecule has 0 aliphatic carbocycles.